The van der Waals surface area contributed by atoms with Crippen LogP contribution in [0.3, 0.4) is 0 Å². The number of rotatable bonds is 12. The van der Waals surface area contributed by atoms with E-state index in [1.165, 1.54) is 7.11 Å². The van der Waals surface area contributed by atoms with Gasteiger partial charge in [0.05, 0.1) is 13.3 Å². The highest BCUT2D eigenvalue weighted by atomic mass is 16.5. The van der Waals surface area contributed by atoms with Crippen LogP contribution in [0.25, 0.3) is 0 Å². The number of nitrogens with one attached hydrogen (secondary N) is 1. The zero-order chi connectivity index (χ0) is 18.3. The van der Waals surface area contributed by atoms with Gasteiger partial charge >= 0.3 is 5.97 Å². The van der Waals surface area contributed by atoms with E-state index >= 15 is 0 Å². The molecule has 0 spiro atoms. The molecule has 6 heteroatoms. The van der Waals surface area contributed by atoms with E-state index in [9.17, 15) is 9.59 Å². The molecule has 1 aromatic carbocycles. The lowest BCUT2D eigenvalue weighted by Gasteiger charge is -2.06. The van der Waals surface area contributed by atoms with Gasteiger partial charge in [-0.15, -0.1) is 0 Å². The van der Waals surface area contributed by atoms with Crippen molar-refractivity contribution in [2.45, 2.75) is 38.5 Å². The molecule has 0 bridgehead atoms. The number of hydrogen-bond acceptors (Lipinski definition) is 5. The molecule has 0 aliphatic heterocycles. The number of esters is 1. The van der Waals surface area contributed by atoms with Crippen molar-refractivity contribution in [3.63, 3.8) is 0 Å². The lowest BCUT2D eigenvalue weighted by Crippen LogP contribution is -2.17. The van der Waals surface area contributed by atoms with Gasteiger partial charge in [-0.25, -0.2) is 5.43 Å². The molecule has 0 radical (unpaired) electrons. The maximum atomic E-state index is 11.7. The highest BCUT2D eigenvalue weighted by molar-refractivity contribution is 5.85. The second kappa shape index (κ2) is 12.8. The largest absolute Gasteiger partial charge is 0.489 e. The third-order valence-corrected chi connectivity index (χ3v) is 3.43. The minimum Gasteiger partial charge on any atom is -0.489 e. The average Bonchev–Trinajstić information content (AvgIpc) is 2.63. The zero-order valence-electron chi connectivity index (χ0n) is 14.7. The SMILES string of the molecule is C=CCOc1ccccc1/C=N/NC(=O)CCCCCCC(=O)OC. The Kier molecular flexibility index (Phi) is 10.4. The summed E-state index contributed by atoms with van der Waals surface area (Å²) in [5.74, 6) is 0.365. The minimum absolute atomic E-state index is 0.131. The van der Waals surface area contributed by atoms with E-state index in [0.717, 1.165) is 31.2 Å². The zero-order valence-corrected chi connectivity index (χ0v) is 14.7. The number of nitrogens with zero attached hydrogens (tertiary/aromatic N) is 1. The van der Waals surface area contributed by atoms with Crippen LogP contribution >= 0.6 is 0 Å². The van der Waals surface area contributed by atoms with Gasteiger partial charge in [0, 0.05) is 18.4 Å². The summed E-state index contributed by atoms with van der Waals surface area (Å²) in [7, 11) is 1.39. The van der Waals surface area contributed by atoms with Gasteiger partial charge in [-0.2, -0.15) is 5.10 Å². The molecule has 0 saturated heterocycles. The maximum absolute atomic E-state index is 11.7. The fourth-order valence-electron chi connectivity index (χ4n) is 2.11. The van der Waals surface area contributed by atoms with Gasteiger partial charge in [-0.05, 0) is 25.0 Å². The molecule has 1 N–H and O–H groups in total. The van der Waals surface area contributed by atoms with E-state index in [4.69, 9.17) is 4.74 Å². The van der Waals surface area contributed by atoms with Crippen molar-refractivity contribution in [3.05, 3.63) is 42.5 Å². The van der Waals surface area contributed by atoms with Crippen molar-refractivity contribution in [2.75, 3.05) is 13.7 Å². The third-order valence-electron chi connectivity index (χ3n) is 3.43. The van der Waals surface area contributed by atoms with Gasteiger partial charge in [0.1, 0.15) is 12.4 Å². The molecule has 136 valence electrons. The first-order chi connectivity index (χ1) is 12.2. The molecule has 0 saturated carbocycles. The smallest absolute Gasteiger partial charge is 0.305 e. The van der Waals surface area contributed by atoms with Crippen LogP contribution in [-0.4, -0.2) is 31.8 Å². The van der Waals surface area contributed by atoms with Crippen molar-refractivity contribution >= 4 is 18.1 Å². The Morgan fingerprint density at radius 2 is 1.88 bits per heavy atom. The molecule has 25 heavy (non-hydrogen) atoms. The van der Waals surface area contributed by atoms with Gasteiger partial charge < -0.3 is 9.47 Å². The molecule has 1 aromatic rings. The Balaban J connectivity index is 2.24. The number of unbranched alkanes of at least 4 members (excludes halogenated alkanes) is 3. The number of para-hydroxylation sites is 1. The molecule has 0 aromatic heterocycles. The summed E-state index contributed by atoms with van der Waals surface area (Å²) in [5, 5.41) is 3.97. The second-order valence-electron chi connectivity index (χ2n) is 5.42. The number of methoxy groups -OCH3 is 1. The van der Waals surface area contributed by atoms with Crippen molar-refractivity contribution in [1.82, 2.24) is 5.43 Å². The van der Waals surface area contributed by atoms with E-state index in [1.54, 1.807) is 12.3 Å². The number of hydrazone groups is 1. The first-order valence-electron chi connectivity index (χ1n) is 8.38. The van der Waals surface area contributed by atoms with Crippen LogP contribution in [0.4, 0.5) is 0 Å². The fourth-order valence-corrected chi connectivity index (χ4v) is 2.11. The van der Waals surface area contributed by atoms with E-state index in [1.807, 2.05) is 24.3 Å². The van der Waals surface area contributed by atoms with Crippen LogP contribution in [0.15, 0.2) is 42.0 Å². The molecule has 1 rings (SSSR count). The second-order valence-corrected chi connectivity index (χ2v) is 5.42. The number of carbonyl (C=O) groups is 2. The van der Waals surface area contributed by atoms with Crippen LogP contribution in [0.5, 0.6) is 5.75 Å². The summed E-state index contributed by atoms with van der Waals surface area (Å²) in [5.41, 5.74) is 3.30. The Hall–Kier alpha value is -2.63. The standard InChI is InChI=1S/C19H26N2O4/c1-3-14-25-17-11-9-8-10-16(17)15-20-21-18(22)12-6-4-5-7-13-19(23)24-2/h3,8-11,15H,1,4-7,12-14H2,2H3,(H,21,22)/b20-15+. The lowest BCUT2D eigenvalue weighted by atomic mass is 10.1. The van der Waals surface area contributed by atoms with Crippen LogP contribution in [0.1, 0.15) is 44.1 Å². The molecular weight excluding hydrogens is 320 g/mol. The van der Waals surface area contributed by atoms with Gasteiger partial charge in [-0.1, -0.05) is 37.6 Å². The van der Waals surface area contributed by atoms with E-state index < -0.39 is 0 Å². The topological polar surface area (TPSA) is 77.0 Å². The Labute approximate surface area is 148 Å². The number of ether oxygens (including phenoxy) is 2. The Morgan fingerprint density at radius 3 is 2.60 bits per heavy atom. The molecule has 0 atom stereocenters. The van der Waals surface area contributed by atoms with Crippen molar-refractivity contribution in [1.29, 1.82) is 0 Å². The summed E-state index contributed by atoms with van der Waals surface area (Å²) in [4.78, 5) is 22.7. The predicted molar refractivity (Wildman–Crippen MR) is 97.6 cm³/mol. The molecule has 0 heterocycles. The highest BCUT2D eigenvalue weighted by Crippen LogP contribution is 2.15. The molecule has 0 fully saturated rings. The molecule has 1 amide bonds. The Bertz CT molecular complexity index is 585. The summed E-state index contributed by atoms with van der Waals surface area (Å²) < 4.78 is 10.1. The van der Waals surface area contributed by atoms with Crippen molar-refractivity contribution < 1.29 is 19.1 Å². The average molecular weight is 346 g/mol. The van der Waals surface area contributed by atoms with Crippen LogP contribution in [-0.2, 0) is 14.3 Å². The van der Waals surface area contributed by atoms with Crippen LogP contribution in [0, 0.1) is 0 Å². The summed E-state index contributed by atoms with van der Waals surface area (Å²) in [6.07, 6.45) is 7.42. The quantitative estimate of drug-likeness (QED) is 0.207. The maximum Gasteiger partial charge on any atom is 0.305 e. The number of amides is 1. The van der Waals surface area contributed by atoms with Crippen molar-refractivity contribution in [2.24, 2.45) is 5.10 Å². The van der Waals surface area contributed by atoms with Gasteiger partial charge in [0.25, 0.3) is 0 Å². The molecular formula is C19H26N2O4. The first-order valence-corrected chi connectivity index (χ1v) is 8.38. The van der Waals surface area contributed by atoms with Gasteiger partial charge in [0.2, 0.25) is 5.91 Å². The Morgan fingerprint density at radius 1 is 1.16 bits per heavy atom. The van der Waals surface area contributed by atoms with E-state index in [-0.39, 0.29) is 11.9 Å². The van der Waals surface area contributed by atoms with Crippen molar-refractivity contribution in [3.8, 4) is 5.75 Å². The summed E-state index contributed by atoms with van der Waals surface area (Å²) in [6, 6.07) is 7.43. The third kappa shape index (κ3) is 9.30. The predicted octanol–water partition coefficient (Wildman–Crippen LogP) is 3.22. The highest BCUT2D eigenvalue weighted by Gasteiger charge is 2.03. The molecule has 0 aliphatic carbocycles. The number of carbonyl (C=O) groups excluding carboxylic acids is 2. The normalized spacial score (nSPS) is 10.4. The summed E-state index contributed by atoms with van der Waals surface area (Å²) >= 11 is 0. The van der Waals surface area contributed by atoms with E-state index in [2.05, 4.69) is 21.8 Å². The molecule has 6 nitrogen and oxygen atoms in total. The van der Waals surface area contributed by atoms with Gasteiger partial charge in [-0.3, -0.25) is 9.59 Å². The molecule has 0 aliphatic rings. The minimum atomic E-state index is -0.190. The van der Waals surface area contributed by atoms with E-state index in [0.29, 0.717) is 25.2 Å². The summed E-state index contributed by atoms with van der Waals surface area (Å²) in [6.45, 7) is 4.02. The lowest BCUT2D eigenvalue weighted by molar-refractivity contribution is -0.140. The van der Waals surface area contributed by atoms with Crippen LogP contribution < -0.4 is 10.2 Å². The molecule has 0 unspecified atom stereocenters. The van der Waals surface area contributed by atoms with Crippen LogP contribution in [0.2, 0.25) is 0 Å². The fraction of sp³-hybridized carbons (Fsp3) is 0.421. The first kappa shape index (κ1) is 20.4. The number of benzene rings is 1. The number of hydrogen-bond donors (Lipinski definition) is 1. The van der Waals surface area contributed by atoms with Gasteiger partial charge in [0.15, 0.2) is 0 Å². The monoisotopic (exact) mass is 346 g/mol.